The lowest BCUT2D eigenvalue weighted by atomic mass is 10.3. The summed E-state index contributed by atoms with van der Waals surface area (Å²) in [6.45, 7) is 4.86. The van der Waals surface area contributed by atoms with E-state index < -0.39 is 0 Å². The van der Waals surface area contributed by atoms with Crippen molar-refractivity contribution < 1.29 is 5.11 Å². The van der Waals surface area contributed by atoms with Crippen molar-refractivity contribution in [1.29, 1.82) is 0 Å². The minimum atomic E-state index is 0.137. The Balaban J connectivity index is 2.75. The summed E-state index contributed by atoms with van der Waals surface area (Å²) in [4.78, 5) is 6.19. The van der Waals surface area contributed by atoms with E-state index in [2.05, 4.69) is 18.8 Å². The first-order valence-corrected chi connectivity index (χ1v) is 5.05. The van der Waals surface area contributed by atoms with Gasteiger partial charge in [0.05, 0.1) is 12.8 Å². The van der Waals surface area contributed by atoms with Crippen molar-refractivity contribution >= 4 is 21.5 Å². The Morgan fingerprint density at radius 2 is 2.38 bits per heavy atom. The van der Waals surface area contributed by atoms with Crippen molar-refractivity contribution in [2.24, 2.45) is 0 Å². The molecule has 0 fully saturated rings. The van der Waals surface area contributed by atoms with Crippen LogP contribution >= 0.6 is 11.3 Å². The van der Waals surface area contributed by atoms with E-state index in [0.29, 0.717) is 17.6 Å². The van der Waals surface area contributed by atoms with Gasteiger partial charge in [0.2, 0.25) is 0 Å². The van der Waals surface area contributed by atoms with Crippen molar-refractivity contribution in [1.82, 2.24) is 4.98 Å². The second-order valence-corrected chi connectivity index (χ2v) is 4.10. The summed E-state index contributed by atoms with van der Waals surface area (Å²) in [6.07, 6.45) is 1.65. The molecule has 0 saturated carbocycles. The summed E-state index contributed by atoms with van der Waals surface area (Å²) >= 11 is 1.45. The lowest BCUT2D eigenvalue weighted by Gasteiger charge is -2.24. The van der Waals surface area contributed by atoms with E-state index in [4.69, 9.17) is 10.8 Å². The van der Waals surface area contributed by atoms with Crippen LogP contribution in [0.25, 0.3) is 0 Å². The summed E-state index contributed by atoms with van der Waals surface area (Å²) in [5.41, 5.74) is 5.58. The number of aliphatic hydroxyl groups excluding tert-OH is 1. The zero-order chi connectivity index (χ0) is 9.84. The van der Waals surface area contributed by atoms with Crippen LogP contribution in [0.4, 0.5) is 10.1 Å². The van der Waals surface area contributed by atoms with Crippen LogP contribution in [-0.2, 0) is 0 Å². The van der Waals surface area contributed by atoms with Gasteiger partial charge in [-0.1, -0.05) is 11.3 Å². The third-order valence-corrected chi connectivity index (χ3v) is 2.58. The van der Waals surface area contributed by atoms with Crippen LogP contribution in [0.1, 0.15) is 13.8 Å². The predicted molar refractivity (Wildman–Crippen MR) is 56.1 cm³/mol. The van der Waals surface area contributed by atoms with Gasteiger partial charge in [0, 0.05) is 12.6 Å². The fourth-order valence-corrected chi connectivity index (χ4v) is 1.93. The molecule has 0 aromatic carbocycles. The highest BCUT2D eigenvalue weighted by Crippen LogP contribution is 2.25. The number of nitrogens with zero attached hydrogens (tertiary/aromatic N) is 2. The number of thiazole rings is 1. The van der Waals surface area contributed by atoms with Crippen molar-refractivity contribution in [3.63, 3.8) is 0 Å². The molecule has 0 aliphatic rings. The Kier molecular flexibility index (Phi) is 3.50. The molecule has 0 atom stereocenters. The molecule has 0 aliphatic heterocycles. The lowest BCUT2D eigenvalue weighted by Crippen LogP contribution is -2.33. The number of anilines is 2. The van der Waals surface area contributed by atoms with Crippen LogP contribution in [-0.4, -0.2) is 29.3 Å². The van der Waals surface area contributed by atoms with Gasteiger partial charge in [-0.3, -0.25) is 0 Å². The first-order valence-electron chi connectivity index (χ1n) is 4.24. The van der Waals surface area contributed by atoms with E-state index >= 15 is 0 Å². The van der Waals surface area contributed by atoms with E-state index in [1.807, 2.05) is 4.90 Å². The molecule has 0 spiro atoms. The molecule has 0 bridgehead atoms. The molecule has 1 aromatic rings. The molecule has 3 N–H and O–H groups in total. The molecule has 5 heteroatoms. The van der Waals surface area contributed by atoms with E-state index in [0.717, 1.165) is 5.13 Å². The smallest absolute Gasteiger partial charge is 0.187 e. The van der Waals surface area contributed by atoms with Crippen LogP contribution in [0.2, 0.25) is 0 Å². The fourth-order valence-electron chi connectivity index (χ4n) is 1.09. The molecular formula is C8H15N3OS. The van der Waals surface area contributed by atoms with Gasteiger partial charge in [-0.15, -0.1) is 0 Å². The molecule has 0 unspecified atom stereocenters. The summed E-state index contributed by atoms with van der Waals surface area (Å²) in [5.74, 6) is 0. The molecular weight excluding hydrogens is 186 g/mol. The second-order valence-electron chi connectivity index (χ2n) is 3.06. The predicted octanol–water partition coefficient (Wildman–Crippen LogP) is 0.932. The quantitative estimate of drug-likeness (QED) is 0.761. The highest BCUT2D eigenvalue weighted by molar-refractivity contribution is 7.19. The van der Waals surface area contributed by atoms with E-state index in [1.165, 1.54) is 11.3 Å². The highest BCUT2D eigenvalue weighted by atomic mass is 32.1. The maximum Gasteiger partial charge on any atom is 0.187 e. The third kappa shape index (κ3) is 2.57. The maximum absolute atomic E-state index is 8.86. The topological polar surface area (TPSA) is 62.4 Å². The fraction of sp³-hybridized carbons (Fsp3) is 0.625. The van der Waals surface area contributed by atoms with Crippen LogP contribution < -0.4 is 10.6 Å². The number of aromatic nitrogens is 1. The average Bonchev–Trinajstić information content (AvgIpc) is 2.46. The summed E-state index contributed by atoms with van der Waals surface area (Å²) in [5, 5.41) is 10.4. The van der Waals surface area contributed by atoms with Gasteiger partial charge in [0.15, 0.2) is 5.13 Å². The standard InChI is InChI=1S/C8H15N3OS/c1-6(2)11(3-4-12)8-10-5-7(9)13-8/h5-6,12H,3-4,9H2,1-2H3. The first-order chi connectivity index (χ1) is 6.15. The van der Waals surface area contributed by atoms with E-state index in [-0.39, 0.29) is 6.61 Å². The van der Waals surface area contributed by atoms with Gasteiger partial charge in [0.1, 0.15) is 5.00 Å². The monoisotopic (exact) mass is 201 g/mol. The summed E-state index contributed by atoms with van der Waals surface area (Å²) < 4.78 is 0. The molecule has 0 radical (unpaired) electrons. The molecule has 4 nitrogen and oxygen atoms in total. The molecule has 0 saturated heterocycles. The van der Waals surface area contributed by atoms with E-state index in [9.17, 15) is 0 Å². The number of hydrogen-bond acceptors (Lipinski definition) is 5. The third-order valence-electron chi connectivity index (χ3n) is 1.72. The van der Waals surface area contributed by atoms with Crippen molar-refractivity contribution in [3.8, 4) is 0 Å². The lowest BCUT2D eigenvalue weighted by molar-refractivity contribution is 0.299. The maximum atomic E-state index is 8.86. The number of aliphatic hydroxyl groups is 1. The Bertz CT molecular complexity index is 262. The molecule has 1 aromatic heterocycles. The highest BCUT2D eigenvalue weighted by Gasteiger charge is 2.12. The minimum Gasteiger partial charge on any atom is -0.395 e. The zero-order valence-electron chi connectivity index (χ0n) is 7.90. The molecule has 1 rings (SSSR count). The van der Waals surface area contributed by atoms with Crippen LogP contribution in [0.15, 0.2) is 6.20 Å². The van der Waals surface area contributed by atoms with Gasteiger partial charge in [-0.05, 0) is 13.8 Å². The molecule has 74 valence electrons. The normalized spacial score (nSPS) is 10.8. The Morgan fingerprint density at radius 3 is 2.77 bits per heavy atom. The first kappa shape index (κ1) is 10.3. The Labute approximate surface area is 82.0 Å². The Hall–Kier alpha value is -0.810. The largest absolute Gasteiger partial charge is 0.395 e. The molecule has 0 aliphatic carbocycles. The minimum absolute atomic E-state index is 0.137. The number of nitrogen functional groups attached to an aromatic ring is 1. The van der Waals surface area contributed by atoms with Crippen molar-refractivity contribution in [3.05, 3.63) is 6.20 Å². The average molecular weight is 201 g/mol. The van der Waals surface area contributed by atoms with Gasteiger partial charge in [-0.25, -0.2) is 4.98 Å². The molecule has 0 amide bonds. The molecule has 1 heterocycles. The van der Waals surface area contributed by atoms with E-state index in [1.54, 1.807) is 6.20 Å². The number of nitrogens with two attached hydrogens (primary N) is 1. The van der Waals surface area contributed by atoms with Gasteiger partial charge >= 0.3 is 0 Å². The SMILES string of the molecule is CC(C)N(CCO)c1ncc(N)s1. The van der Waals surface area contributed by atoms with Crippen molar-refractivity contribution in [2.75, 3.05) is 23.8 Å². The molecule has 13 heavy (non-hydrogen) atoms. The number of rotatable bonds is 4. The van der Waals surface area contributed by atoms with Gasteiger partial charge in [-0.2, -0.15) is 0 Å². The Morgan fingerprint density at radius 1 is 1.69 bits per heavy atom. The summed E-state index contributed by atoms with van der Waals surface area (Å²) in [6, 6.07) is 0.331. The second kappa shape index (κ2) is 4.43. The number of hydrogen-bond donors (Lipinski definition) is 2. The van der Waals surface area contributed by atoms with Gasteiger partial charge < -0.3 is 15.7 Å². The van der Waals surface area contributed by atoms with Crippen LogP contribution in [0.5, 0.6) is 0 Å². The van der Waals surface area contributed by atoms with Gasteiger partial charge in [0.25, 0.3) is 0 Å². The van der Waals surface area contributed by atoms with Crippen LogP contribution in [0.3, 0.4) is 0 Å². The van der Waals surface area contributed by atoms with Crippen molar-refractivity contribution in [2.45, 2.75) is 19.9 Å². The summed E-state index contributed by atoms with van der Waals surface area (Å²) in [7, 11) is 0. The van der Waals surface area contributed by atoms with Crippen LogP contribution in [0, 0.1) is 0 Å². The zero-order valence-corrected chi connectivity index (χ0v) is 8.71.